The number of rotatable bonds is 7. The summed E-state index contributed by atoms with van der Waals surface area (Å²) in [6, 6.07) is 9.00. The highest BCUT2D eigenvalue weighted by molar-refractivity contribution is 5.85. The molecule has 1 amide bonds. The molecule has 0 saturated heterocycles. The third-order valence-electron chi connectivity index (χ3n) is 5.37. The van der Waals surface area contributed by atoms with Crippen LogP contribution in [0.25, 0.3) is 0 Å². The lowest BCUT2D eigenvalue weighted by molar-refractivity contribution is -0.118. The molecule has 0 bridgehead atoms. The molecule has 1 aromatic carbocycles. The Kier molecular flexibility index (Phi) is 7.42. The molecule has 0 spiro atoms. The molecule has 27 heavy (non-hydrogen) atoms. The highest BCUT2D eigenvalue weighted by Gasteiger charge is 2.36. The summed E-state index contributed by atoms with van der Waals surface area (Å²) in [5.41, 5.74) is 3.92. The van der Waals surface area contributed by atoms with Crippen molar-refractivity contribution in [1.29, 1.82) is 0 Å². The predicted molar refractivity (Wildman–Crippen MR) is 111 cm³/mol. The molecule has 1 aliphatic carbocycles. The van der Waals surface area contributed by atoms with Gasteiger partial charge in [-0.1, -0.05) is 50.2 Å². The van der Waals surface area contributed by atoms with Crippen molar-refractivity contribution in [3.05, 3.63) is 35.4 Å². The first kappa shape index (κ1) is 21.4. The van der Waals surface area contributed by atoms with E-state index >= 15 is 0 Å². The minimum atomic E-state index is -0.0513. The Balaban J connectivity index is 2.18. The summed E-state index contributed by atoms with van der Waals surface area (Å²) in [5.74, 6) is 0.0284. The van der Waals surface area contributed by atoms with Gasteiger partial charge in [0.1, 0.15) is 7.11 Å². The van der Waals surface area contributed by atoms with Crippen molar-refractivity contribution in [3.63, 3.8) is 0 Å². The number of benzene rings is 1. The monoisotopic (exact) mass is 373 g/mol. The fourth-order valence-corrected chi connectivity index (χ4v) is 3.72. The van der Waals surface area contributed by atoms with Gasteiger partial charge in [0.05, 0.1) is 5.71 Å². The van der Waals surface area contributed by atoms with E-state index in [-0.39, 0.29) is 16.9 Å². The van der Waals surface area contributed by atoms with Gasteiger partial charge in [0.15, 0.2) is 0 Å². The topological polar surface area (TPSA) is 62.7 Å². The van der Waals surface area contributed by atoms with E-state index in [1.807, 2.05) is 0 Å². The third kappa shape index (κ3) is 6.06. The molecule has 5 heteroatoms. The van der Waals surface area contributed by atoms with Crippen molar-refractivity contribution in [3.8, 4) is 0 Å². The largest absolute Gasteiger partial charge is 0.399 e. The number of carbonyl (C=O) groups excluding carboxylic acids is 1. The van der Waals surface area contributed by atoms with Gasteiger partial charge in [0.25, 0.3) is 0 Å². The van der Waals surface area contributed by atoms with Crippen LogP contribution in [0.4, 0.5) is 0 Å². The Labute approximate surface area is 163 Å². The first-order valence-electron chi connectivity index (χ1n) is 9.96. The molecular formula is C22H35N3O2. The lowest BCUT2D eigenvalue weighted by Crippen LogP contribution is -2.46. The summed E-state index contributed by atoms with van der Waals surface area (Å²) in [4.78, 5) is 16.0. The van der Waals surface area contributed by atoms with Crippen LogP contribution in [0, 0.1) is 0 Å². The Morgan fingerprint density at radius 3 is 2.52 bits per heavy atom. The summed E-state index contributed by atoms with van der Waals surface area (Å²) in [7, 11) is 1.61. The summed E-state index contributed by atoms with van der Waals surface area (Å²) >= 11 is 0. The number of carbonyl (C=O) groups is 1. The van der Waals surface area contributed by atoms with Crippen molar-refractivity contribution in [2.24, 2.45) is 5.16 Å². The molecular weight excluding hydrogens is 338 g/mol. The highest BCUT2D eigenvalue weighted by atomic mass is 16.6. The molecule has 0 radical (unpaired) electrons. The lowest BCUT2D eigenvalue weighted by atomic mass is 9.74. The standard InChI is InChI=1S/C22H35N3O2/c1-17(26)23-14-7-15-24-22(12-10-20(11-13-22)25-27-5)19-9-6-8-18(16-19)21(2,3)4/h6,8-9,16,24H,7,10-15H2,1-5H3,(H,23,26). The molecule has 0 atom stereocenters. The normalized spacial score (nSPS) is 20.3. The Hall–Kier alpha value is -1.88. The van der Waals surface area contributed by atoms with E-state index in [9.17, 15) is 4.79 Å². The molecule has 2 N–H and O–H groups in total. The average Bonchev–Trinajstić information content (AvgIpc) is 2.62. The van der Waals surface area contributed by atoms with Crippen LogP contribution in [0.5, 0.6) is 0 Å². The van der Waals surface area contributed by atoms with Crippen LogP contribution in [0.1, 0.15) is 70.9 Å². The number of amides is 1. The quantitative estimate of drug-likeness (QED) is 0.563. The van der Waals surface area contributed by atoms with Gasteiger partial charge in [-0.15, -0.1) is 0 Å². The number of nitrogens with one attached hydrogen (secondary N) is 2. The van der Waals surface area contributed by atoms with Gasteiger partial charge < -0.3 is 15.5 Å². The molecule has 1 aliphatic rings. The maximum Gasteiger partial charge on any atom is 0.216 e. The zero-order valence-corrected chi connectivity index (χ0v) is 17.5. The summed E-state index contributed by atoms with van der Waals surface area (Å²) in [6.45, 7) is 9.90. The van der Waals surface area contributed by atoms with Gasteiger partial charge in [-0.3, -0.25) is 4.79 Å². The van der Waals surface area contributed by atoms with E-state index in [1.54, 1.807) is 14.0 Å². The first-order valence-corrected chi connectivity index (χ1v) is 9.96. The second kappa shape index (κ2) is 9.36. The number of nitrogens with zero attached hydrogens (tertiary/aromatic N) is 1. The lowest BCUT2D eigenvalue weighted by Gasteiger charge is -2.40. The molecule has 1 saturated carbocycles. The summed E-state index contributed by atoms with van der Waals surface area (Å²) in [6.07, 6.45) is 4.80. The second-order valence-corrected chi connectivity index (χ2v) is 8.52. The van der Waals surface area contributed by atoms with Crippen LogP contribution in [-0.2, 0) is 20.6 Å². The van der Waals surface area contributed by atoms with Crippen molar-refractivity contribution in [2.45, 2.75) is 70.8 Å². The van der Waals surface area contributed by atoms with Crippen LogP contribution in [0.2, 0.25) is 0 Å². The van der Waals surface area contributed by atoms with E-state index in [4.69, 9.17) is 4.84 Å². The van der Waals surface area contributed by atoms with Crippen molar-refractivity contribution in [2.75, 3.05) is 20.2 Å². The zero-order valence-electron chi connectivity index (χ0n) is 17.5. The Morgan fingerprint density at radius 1 is 1.22 bits per heavy atom. The molecule has 0 unspecified atom stereocenters. The fraction of sp³-hybridized carbons (Fsp3) is 0.636. The molecule has 5 nitrogen and oxygen atoms in total. The van der Waals surface area contributed by atoms with E-state index in [2.05, 4.69) is 60.8 Å². The molecule has 1 fully saturated rings. The van der Waals surface area contributed by atoms with Crippen LogP contribution in [0.3, 0.4) is 0 Å². The second-order valence-electron chi connectivity index (χ2n) is 8.52. The van der Waals surface area contributed by atoms with Gasteiger partial charge in [0.2, 0.25) is 5.91 Å². The van der Waals surface area contributed by atoms with Crippen molar-refractivity contribution >= 4 is 11.6 Å². The Bertz CT molecular complexity index is 652. The minimum absolute atomic E-state index is 0.0284. The predicted octanol–water partition coefficient (Wildman–Crippen LogP) is 3.87. The van der Waals surface area contributed by atoms with Crippen LogP contribution in [0.15, 0.2) is 29.4 Å². The smallest absolute Gasteiger partial charge is 0.216 e. The summed E-state index contributed by atoms with van der Waals surface area (Å²) in [5, 5.41) is 10.9. The van der Waals surface area contributed by atoms with E-state index in [0.29, 0.717) is 6.54 Å². The SMILES string of the molecule is CON=C1CCC(NCCCNC(C)=O)(c2cccc(C(C)(C)C)c2)CC1. The van der Waals surface area contributed by atoms with Crippen LogP contribution >= 0.6 is 0 Å². The van der Waals surface area contributed by atoms with Crippen LogP contribution in [-0.4, -0.2) is 31.8 Å². The minimum Gasteiger partial charge on any atom is -0.399 e. The van der Waals surface area contributed by atoms with Gasteiger partial charge in [-0.05, 0) is 55.2 Å². The van der Waals surface area contributed by atoms with Gasteiger partial charge in [0, 0.05) is 19.0 Å². The van der Waals surface area contributed by atoms with Gasteiger partial charge in [-0.25, -0.2) is 0 Å². The van der Waals surface area contributed by atoms with E-state index < -0.39 is 0 Å². The van der Waals surface area contributed by atoms with E-state index in [1.165, 1.54) is 11.1 Å². The Morgan fingerprint density at radius 2 is 1.93 bits per heavy atom. The number of hydrogen-bond donors (Lipinski definition) is 2. The number of oxime groups is 1. The fourth-order valence-electron chi connectivity index (χ4n) is 3.72. The average molecular weight is 374 g/mol. The molecule has 0 heterocycles. The molecule has 1 aromatic rings. The first-order chi connectivity index (χ1) is 12.8. The van der Waals surface area contributed by atoms with E-state index in [0.717, 1.165) is 44.4 Å². The van der Waals surface area contributed by atoms with Crippen molar-refractivity contribution < 1.29 is 9.63 Å². The number of hydrogen-bond acceptors (Lipinski definition) is 4. The van der Waals surface area contributed by atoms with Crippen molar-refractivity contribution in [1.82, 2.24) is 10.6 Å². The highest BCUT2D eigenvalue weighted by Crippen LogP contribution is 2.38. The molecule has 0 aromatic heterocycles. The zero-order chi connectivity index (χ0) is 19.9. The summed E-state index contributed by atoms with van der Waals surface area (Å²) < 4.78 is 0. The van der Waals surface area contributed by atoms with Gasteiger partial charge in [-0.2, -0.15) is 0 Å². The van der Waals surface area contributed by atoms with Gasteiger partial charge >= 0.3 is 0 Å². The molecule has 0 aliphatic heterocycles. The maximum absolute atomic E-state index is 11.1. The maximum atomic E-state index is 11.1. The molecule has 2 rings (SSSR count). The third-order valence-corrected chi connectivity index (χ3v) is 5.37. The molecule has 150 valence electrons. The van der Waals surface area contributed by atoms with Crippen LogP contribution < -0.4 is 10.6 Å².